The van der Waals surface area contributed by atoms with Gasteiger partial charge in [0.15, 0.2) is 0 Å². The summed E-state index contributed by atoms with van der Waals surface area (Å²) in [5.41, 5.74) is 0. The van der Waals surface area contributed by atoms with E-state index in [-0.39, 0.29) is 11.8 Å². The summed E-state index contributed by atoms with van der Waals surface area (Å²) < 4.78 is 0. The summed E-state index contributed by atoms with van der Waals surface area (Å²) in [7, 11) is 0. The molecule has 0 aromatic carbocycles. The van der Waals surface area contributed by atoms with Crippen LogP contribution in [0.25, 0.3) is 0 Å². The Morgan fingerprint density at radius 2 is 2.00 bits per heavy atom. The maximum Gasteiger partial charge on any atom is 0.0551 e. The molecule has 0 spiro atoms. The molecular weight excluding hydrogens is 175 g/mol. The molecule has 0 aliphatic heterocycles. The number of carbonyl (C=O) groups excluding carboxylic acids is 1. The van der Waals surface area contributed by atoms with Crippen LogP contribution in [-0.4, -0.2) is 16.7 Å². The van der Waals surface area contributed by atoms with Crippen molar-refractivity contribution in [1.29, 1.82) is 0 Å². The Hall–Kier alpha value is 0.0500. The van der Waals surface area contributed by atoms with Gasteiger partial charge in [-0.15, -0.1) is 23.2 Å². The maximum atomic E-state index is 9.98. The first-order valence-corrected chi connectivity index (χ1v) is 3.93. The van der Waals surface area contributed by atoms with E-state index < -0.39 is 11.3 Å². The fourth-order valence-electron chi connectivity index (χ4n) is 0.543. The second-order valence-electron chi connectivity index (χ2n) is 2.02. The largest absolute Gasteiger partial charge is 0.550 e. The molecule has 2 atom stereocenters. The zero-order valence-electron chi connectivity index (χ0n) is 5.64. The quantitative estimate of drug-likeness (QED) is 0.605. The molecule has 0 saturated heterocycles. The van der Waals surface area contributed by atoms with Crippen molar-refractivity contribution in [3.8, 4) is 0 Å². The number of halogens is 2. The topological polar surface area (TPSA) is 40.1 Å². The van der Waals surface area contributed by atoms with E-state index in [0.717, 1.165) is 0 Å². The van der Waals surface area contributed by atoms with E-state index in [2.05, 4.69) is 0 Å². The van der Waals surface area contributed by atoms with Crippen molar-refractivity contribution >= 4 is 29.2 Å². The number of carboxylic acid groups (broad SMARTS) is 1. The van der Waals surface area contributed by atoms with Crippen molar-refractivity contribution < 1.29 is 9.90 Å². The molecule has 0 saturated carbocycles. The van der Waals surface area contributed by atoms with Gasteiger partial charge in [0.25, 0.3) is 0 Å². The standard InChI is InChI=1S/C6H10Cl2O2/c1-2-4(7)5(8)3-6(9)10/h4-5H,2-3H2,1H3,(H,9,10)/p-1. The Morgan fingerprint density at radius 3 is 2.30 bits per heavy atom. The molecule has 0 radical (unpaired) electrons. The smallest absolute Gasteiger partial charge is 0.0551 e. The van der Waals surface area contributed by atoms with Crippen molar-refractivity contribution in [2.24, 2.45) is 0 Å². The van der Waals surface area contributed by atoms with E-state index in [1.54, 1.807) is 0 Å². The van der Waals surface area contributed by atoms with Crippen LogP contribution in [0.3, 0.4) is 0 Å². The molecule has 0 rings (SSSR count). The van der Waals surface area contributed by atoms with Crippen molar-refractivity contribution in [2.75, 3.05) is 0 Å². The molecule has 10 heavy (non-hydrogen) atoms. The SMILES string of the molecule is CCC(Cl)C(Cl)CC(=O)[O-]. The van der Waals surface area contributed by atoms with E-state index in [1.807, 2.05) is 6.92 Å². The van der Waals surface area contributed by atoms with E-state index in [1.165, 1.54) is 0 Å². The summed E-state index contributed by atoms with van der Waals surface area (Å²) in [4.78, 5) is 9.98. The molecule has 0 aliphatic rings. The Kier molecular flexibility index (Phi) is 4.83. The summed E-state index contributed by atoms with van der Waals surface area (Å²) >= 11 is 11.2. The zero-order valence-corrected chi connectivity index (χ0v) is 7.15. The van der Waals surface area contributed by atoms with E-state index >= 15 is 0 Å². The predicted octanol–water partition coefficient (Wildman–Crippen LogP) is 0.751. The van der Waals surface area contributed by atoms with Gasteiger partial charge in [0, 0.05) is 12.4 Å². The minimum absolute atomic E-state index is 0.177. The van der Waals surface area contributed by atoms with Crippen LogP contribution in [0.5, 0.6) is 0 Å². The lowest BCUT2D eigenvalue weighted by Crippen LogP contribution is -2.28. The Balaban J connectivity index is 3.61. The lowest BCUT2D eigenvalue weighted by molar-refractivity contribution is -0.305. The number of hydrogen-bond donors (Lipinski definition) is 0. The molecule has 0 heterocycles. The third-order valence-electron chi connectivity index (χ3n) is 1.14. The van der Waals surface area contributed by atoms with E-state index in [0.29, 0.717) is 6.42 Å². The average molecular weight is 184 g/mol. The second-order valence-corrected chi connectivity index (χ2v) is 3.14. The number of carbonyl (C=O) groups is 1. The molecule has 2 nitrogen and oxygen atoms in total. The minimum Gasteiger partial charge on any atom is -0.550 e. The number of alkyl halides is 2. The molecule has 2 unspecified atom stereocenters. The van der Waals surface area contributed by atoms with Gasteiger partial charge < -0.3 is 9.90 Å². The second kappa shape index (κ2) is 4.80. The molecule has 0 bridgehead atoms. The first-order valence-electron chi connectivity index (χ1n) is 3.06. The molecule has 0 aromatic rings. The van der Waals surface area contributed by atoms with E-state index in [4.69, 9.17) is 23.2 Å². The molecule has 4 heteroatoms. The van der Waals surface area contributed by atoms with Gasteiger partial charge in [-0.3, -0.25) is 0 Å². The molecule has 0 aromatic heterocycles. The maximum absolute atomic E-state index is 9.98. The van der Waals surface area contributed by atoms with Crippen molar-refractivity contribution in [1.82, 2.24) is 0 Å². The Bertz CT molecular complexity index is 116. The fraction of sp³-hybridized carbons (Fsp3) is 0.833. The van der Waals surface area contributed by atoms with Crippen LogP contribution in [0.2, 0.25) is 0 Å². The highest BCUT2D eigenvalue weighted by atomic mass is 35.5. The van der Waals surface area contributed by atoms with Gasteiger partial charge in [0.1, 0.15) is 0 Å². The van der Waals surface area contributed by atoms with Gasteiger partial charge in [-0.1, -0.05) is 6.92 Å². The van der Waals surface area contributed by atoms with Gasteiger partial charge >= 0.3 is 0 Å². The average Bonchev–Trinajstić information content (AvgIpc) is 1.85. The molecule has 0 amide bonds. The highest BCUT2D eigenvalue weighted by molar-refractivity contribution is 6.30. The zero-order chi connectivity index (χ0) is 8.15. The first-order chi connectivity index (χ1) is 4.57. The van der Waals surface area contributed by atoms with Crippen molar-refractivity contribution in [3.63, 3.8) is 0 Å². The summed E-state index contributed by atoms with van der Waals surface area (Å²) in [6.45, 7) is 1.85. The normalized spacial score (nSPS) is 16.3. The summed E-state index contributed by atoms with van der Waals surface area (Å²) in [6, 6.07) is 0. The highest BCUT2D eigenvalue weighted by Gasteiger charge is 2.13. The van der Waals surface area contributed by atoms with Crippen LogP contribution >= 0.6 is 23.2 Å². The van der Waals surface area contributed by atoms with Gasteiger partial charge in [0.05, 0.1) is 10.8 Å². The summed E-state index contributed by atoms with van der Waals surface area (Å²) in [6.07, 6.45) is 0.493. The molecular formula is C6H9Cl2O2-. The summed E-state index contributed by atoms with van der Waals surface area (Å²) in [5, 5.41) is 9.18. The van der Waals surface area contributed by atoms with Crippen LogP contribution < -0.4 is 5.11 Å². The Labute approximate surface area is 70.1 Å². The lowest BCUT2D eigenvalue weighted by atomic mass is 10.2. The highest BCUT2D eigenvalue weighted by Crippen LogP contribution is 2.15. The van der Waals surface area contributed by atoms with Crippen LogP contribution in [0.4, 0.5) is 0 Å². The van der Waals surface area contributed by atoms with Crippen LogP contribution in [0, 0.1) is 0 Å². The van der Waals surface area contributed by atoms with Gasteiger partial charge in [-0.25, -0.2) is 0 Å². The minimum atomic E-state index is -1.15. The van der Waals surface area contributed by atoms with Crippen LogP contribution in [-0.2, 0) is 4.79 Å². The number of aliphatic carboxylic acids is 1. The fourth-order valence-corrected chi connectivity index (χ4v) is 0.936. The van der Waals surface area contributed by atoms with Gasteiger partial charge in [0.2, 0.25) is 0 Å². The van der Waals surface area contributed by atoms with Gasteiger partial charge in [-0.2, -0.15) is 0 Å². The third-order valence-corrected chi connectivity index (χ3v) is 2.34. The number of hydrogen-bond acceptors (Lipinski definition) is 2. The predicted molar refractivity (Wildman–Crippen MR) is 39.2 cm³/mol. The molecule has 0 fully saturated rings. The first kappa shape index (κ1) is 10.0. The third kappa shape index (κ3) is 3.96. The number of carboxylic acids is 1. The molecule has 0 aliphatic carbocycles. The summed E-state index contributed by atoms with van der Waals surface area (Å²) in [5.74, 6) is -1.15. The van der Waals surface area contributed by atoms with Crippen molar-refractivity contribution in [3.05, 3.63) is 0 Å². The van der Waals surface area contributed by atoms with E-state index in [9.17, 15) is 9.90 Å². The molecule has 60 valence electrons. The van der Waals surface area contributed by atoms with Gasteiger partial charge in [-0.05, 0) is 6.42 Å². The monoisotopic (exact) mass is 183 g/mol. The number of rotatable bonds is 4. The van der Waals surface area contributed by atoms with Crippen LogP contribution in [0.1, 0.15) is 19.8 Å². The van der Waals surface area contributed by atoms with Crippen molar-refractivity contribution in [2.45, 2.75) is 30.5 Å². The lowest BCUT2D eigenvalue weighted by Gasteiger charge is -2.13. The van der Waals surface area contributed by atoms with Crippen LogP contribution in [0.15, 0.2) is 0 Å². The molecule has 0 N–H and O–H groups in total. The Morgan fingerprint density at radius 1 is 1.50 bits per heavy atom.